The summed E-state index contributed by atoms with van der Waals surface area (Å²) in [5.74, 6) is -1.26. The summed E-state index contributed by atoms with van der Waals surface area (Å²) < 4.78 is 5.42. The van der Waals surface area contributed by atoms with Crippen LogP contribution in [-0.4, -0.2) is 28.5 Å². The Labute approximate surface area is 199 Å². The van der Waals surface area contributed by atoms with Gasteiger partial charge < -0.3 is 9.73 Å². The fourth-order valence-corrected chi connectivity index (χ4v) is 4.43. The van der Waals surface area contributed by atoms with Crippen molar-refractivity contribution in [2.75, 3.05) is 11.9 Å². The van der Waals surface area contributed by atoms with Crippen LogP contribution in [0.3, 0.4) is 0 Å². The van der Waals surface area contributed by atoms with Crippen molar-refractivity contribution < 1.29 is 18.8 Å². The molecule has 0 radical (unpaired) electrons. The molecule has 32 heavy (non-hydrogen) atoms. The van der Waals surface area contributed by atoms with Crippen molar-refractivity contribution in [1.82, 2.24) is 4.90 Å². The van der Waals surface area contributed by atoms with E-state index in [4.69, 9.17) is 39.2 Å². The zero-order valence-corrected chi connectivity index (χ0v) is 18.9. The van der Waals surface area contributed by atoms with Gasteiger partial charge in [0.05, 0.1) is 20.9 Å². The molecule has 1 fully saturated rings. The summed E-state index contributed by atoms with van der Waals surface area (Å²) in [5.41, 5.74) is 0.188. The van der Waals surface area contributed by atoms with Crippen LogP contribution in [0, 0.1) is 0 Å². The number of carbonyl (C=O) groups is 3. The van der Waals surface area contributed by atoms with Gasteiger partial charge in [-0.1, -0.05) is 34.8 Å². The van der Waals surface area contributed by atoms with Gasteiger partial charge in [0, 0.05) is 15.7 Å². The molecule has 4 rings (SSSR count). The normalized spacial score (nSPS) is 15.1. The molecule has 2 heterocycles. The topological polar surface area (TPSA) is 96.7 Å². The van der Waals surface area contributed by atoms with E-state index < -0.39 is 29.0 Å². The molecule has 1 saturated heterocycles. The summed E-state index contributed by atoms with van der Waals surface area (Å²) >= 11 is 18.4. The van der Waals surface area contributed by atoms with Crippen LogP contribution in [0.2, 0.25) is 15.1 Å². The molecule has 11 heteroatoms. The zero-order chi connectivity index (χ0) is 23.0. The number of rotatable bonds is 4. The number of nitrogens with one attached hydrogen (secondary N) is 1. The van der Waals surface area contributed by atoms with Crippen LogP contribution in [0.4, 0.5) is 10.5 Å². The lowest BCUT2D eigenvalue weighted by Gasteiger charge is -2.12. The molecule has 2 aromatic carbocycles. The van der Waals surface area contributed by atoms with Gasteiger partial charge in [0.25, 0.3) is 11.1 Å². The first-order chi connectivity index (χ1) is 15.2. The molecule has 0 spiro atoms. The van der Waals surface area contributed by atoms with Crippen molar-refractivity contribution >= 4 is 86.4 Å². The number of carbonyl (C=O) groups excluding carboxylic acids is 3. The van der Waals surface area contributed by atoms with Crippen molar-refractivity contribution in [2.24, 2.45) is 0 Å². The van der Waals surface area contributed by atoms with Crippen molar-refractivity contribution in [3.63, 3.8) is 0 Å². The fourth-order valence-electron chi connectivity index (χ4n) is 2.93. The molecule has 1 aliphatic rings. The predicted octanol–water partition coefficient (Wildman–Crippen LogP) is 5.43. The first-order valence-electron chi connectivity index (χ1n) is 8.94. The Hall–Kier alpha value is -2.78. The number of halogens is 3. The number of hydrogen-bond acceptors (Lipinski definition) is 6. The van der Waals surface area contributed by atoms with E-state index in [1.165, 1.54) is 18.2 Å². The second-order valence-corrected chi connectivity index (χ2v) is 8.88. The molecule has 7 nitrogen and oxygen atoms in total. The molecule has 1 aliphatic heterocycles. The Kier molecular flexibility index (Phi) is 6.30. The Morgan fingerprint density at radius 2 is 1.78 bits per heavy atom. The Bertz CT molecular complexity index is 1370. The highest BCUT2D eigenvalue weighted by Gasteiger charge is 2.36. The SMILES string of the molecule is O=C(CN1C(=O)S/C(=C\c2coc3c(Cl)cc(Cl)cc3c2=O)C1=O)Nc1ccc(Cl)cc1. The van der Waals surface area contributed by atoms with Crippen molar-refractivity contribution in [1.29, 1.82) is 0 Å². The highest BCUT2D eigenvalue weighted by molar-refractivity contribution is 8.18. The average molecular weight is 510 g/mol. The number of imide groups is 1. The number of anilines is 1. The van der Waals surface area contributed by atoms with Gasteiger partial charge in [0.15, 0.2) is 11.0 Å². The summed E-state index contributed by atoms with van der Waals surface area (Å²) in [6, 6.07) is 9.20. The fraction of sp³-hybridized carbons (Fsp3) is 0.0476. The minimum atomic E-state index is -0.699. The van der Waals surface area contributed by atoms with E-state index in [9.17, 15) is 19.2 Å². The van der Waals surface area contributed by atoms with Gasteiger partial charge in [-0.15, -0.1) is 0 Å². The number of thioether (sulfide) groups is 1. The van der Waals surface area contributed by atoms with E-state index in [1.807, 2.05) is 0 Å². The highest BCUT2D eigenvalue weighted by Crippen LogP contribution is 2.32. The van der Waals surface area contributed by atoms with Crippen LogP contribution in [0.1, 0.15) is 5.56 Å². The highest BCUT2D eigenvalue weighted by atomic mass is 35.5. The standard InChI is InChI=1S/C21H11Cl3N2O5S/c22-11-1-3-13(4-2-11)25-17(27)8-26-20(29)16(32-21(26)30)5-10-9-31-19-14(18(10)28)6-12(23)7-15(19)24/h1-7,9H,8H2,(H,25,27)/b16-5-. The summed E-state index contributed by atoms with van der Waals surface area (Å²) in [6.07, 6.45) is 2.38. The third-order valence-corrected chi connectivity index (χ3v) is 6.07. The lowest BCUT2D eigenvalue weighted by Crippen LogP contribution is -2.36. The van der Waals surface area contributed by atoms with Crippen molar-refractivity contribution in [3.8, 4) is 0 Å². The van der Waals surface area contributed by atoms with Crippen LogP contribution in [0.5, 0.6) is 0 Å². The quantitative estimate of drug-likeness (QED) is 0.471. The number of benzene rings is 2. The molecule has 0 aliphatic carbocycles. The number of fused-ring (bicyclic) bond motifs is 1. The molecule has 0 saturated carbocycles. The third kappa shape index (κ3) is 4.54. The predicted molar refractivity (Wildman–Crippen MR) is 125 cm³/mol. The lowest BCUT2D eigenvalue weighted by atomic mass is 10.1. The maximum Gasteiger partial charge on any atom is 0.294 e. The van der Waals surface area contributed by atoms with Gasteiger partial charge >= 0.3 is 0 Å². The molecule has 3 aromatic rings. The van der Waals surface area contributed by atoms with Gasteiger partial charge in [0.2, 0.25) is 5.91 Å². The Morgan fingerprint density at radius 3 is 2.50 bits per heavy atom. The van der Waals surface area contributed by atoms with E-state index >= 15 is 0 Å². The van der Waals surface area contributed by atoms with E-state index in [1.54, 1.807) is 24.3 Å². The molecule has 1 N–H and O–H groups in total. The third-order valence-electron chi connectivity index (χ3n) is 4.41. The van der Waals surface area contributed by atoms with Gasteiger partial charge in [-0.3, -0.25) is 24.1 Å². The second-order valence-electron chi connectivity index (χ2n) is 6.61. The van der Waals surface area contributed by atoms with Gasteiger partial charge in [-0.25, -0.2) is 0 Å². The van der Waals surface area contributed by atoms with E-state index in [-0.39, 0.29) is 31.5 Å². The number of nitrogens with zero attached hydrogens (tertiary/aromatic N) is 1. The van der Waals surface area contributed by atoms with Crippen LogP contribution < -0.4 is 10.7 Å². The molecule has 1 aromatic heterocycles. The summed E-state index contributed by atoms with van der Waals surface area (Å²) in [4.78, 5) is 50.8. The number of hydrogen-bond donors (Lipinski definition) is 1. The van der Waals surface area contributed by atoms with Crippen molar-refractivity contribution in [2.45, 2.75) is 0 Å². The molecule has 3 amide bonds. The molecule has 0 atom stereocenters. The van der Waals surface area contributed by atoms with Crippen LogP contribution in [0.15, 0.2) is 56.8 Å². The monoisotopic (exact) mass is 508 g/mol. The van der Waals surface area contributed by atoms with Gasteiger partial charge in [-0.05, 0) is 54.2 Å². The van der Waals surface area contributed by atoms with Gasteiger partial charge in [-0.2, -0.15) is 0 Å². The van der Waals surface area contributed by atoms with Crippen LogP contribution >= 0.6 is 46.6 Å². The molecule has 162 valence electrons. The summed E-state index contributed by atoms with van der Waals surface area (Å²) in [7, 11) is 0. The molecule has 0 bridgehead atoms. The van der Waals surface area contributed by atoms with Crippen LogP contribution in [0.25, 0.3) is 17.0 Å². The molecule has 0 unspecified atom stereocenters. The molecular formula is C21H11Cl3N2O5S. The first-order valence-corrected chi connectivity index (χ1v) is 10.9. The average Bonchev–Trinajstić information content (AvgIpc) is 2.99. The zero-order valence-electron chi connectivity index (χ0n) is 15.9. The first kappa shape index (κ1) is 22.4. The number of amides is 3. The lowest BCUT2D eigenvalue weighted by molar-refractivity contribution is -0.127. The molecular weight excluding hydrogens is 499 g/mol. The van der Waals surface area contributed by atoms with E-state index in [0.29, 0.717) is 22.5 Å². The smallest absolute Gasteiger partial charge is 0.294 e. The van der Waals surface area contributed by atoms with Gasteiger partial charge in [0.1, 0.15) is 12.8 Å². The summed E-state index contributed by atoms with van der Waals surface area (Å²) in [5, 5.41) is 3.00. The maximum atomic E-state index is 12.8. The van der Waals surface area contributed by atoms with Crippen LogP contribution in [-0.2, 0) is 9.59 Å². The maximum absolute atomic E-state index is 12.8. The summed E-state index contributed by atoms with van der Waals surface area (Å²) in [6.45, 7) is -0.484. The minimum absolute atomic E-state index is 0.0194. The van der Waals surface area contributed by atoms with E-state index in [0.717, 1.165) is 11.2 Å². The Balaban J connectivity index is 1.56. The van der Waals surface area contributed by atoms with Crippen molar-refractivity contribution in [3.05, 3.63) is 78.4 Å². The largest absolute Gasteiger partial charge is 0.462 e. The minimum Gasteiger partial charge on any atom is -0.462 e. The Morgan fingerprint density at radius 1 is 1.06 bits per heavy atom. The van der Waals surface area contributed by atoms with E-state index in [2.05, 4.69) is 5.32 Å². The second kappa shape index (κ2) is 8.99.